The number of nitrogens with zero attached hydrogens (tertiary/aromatic N) is 5. The lowest BCUT2D eigenvalue weighted by atomic mass is 10.0. The molecule has 2 amide bonds. The highest BCUT2D eigenvalue weighted by Gasteiger charge is 2.39. The summed E-state index contributed by atoms with van der Waals surface area (Å²) in [5, 5.41) is 4.90. The zero-order valence-electron chi connectivity index (χ0n) is 17.0. The van der Waals surface area contributed by atoms with Crippen LogP contribution >= 0.6 is 11.3 Å². The van der Waals surface area contributed by atoms with Crippen LogP contribution in [0.5, 0.6) is 0 Å². The van der Waals surface area contributed by atoms with Crippen molar-refractivity contribution in [3.8, 4) is 0 Å². The molecule has 1 fully saturated rings. The van der Waals surface area contributed by atoms with Gasteiger partial charge in [-0.3, -0.25) is 9.59 Å². The van der Waals surface area contributed by atoms with E-state index in [0.717, 1.165) is 46.8 Å². The molecule has 29 heavy (non-hydrogen) atoms. The number of hydrogen-bond donors (Lipinski definition) is 0. The first-order valence-corrected chi connectivity index (χ1v) is 11.0. The summed E-state index contributed by atoms with van der Waals surface area (Å²) in [6, 6.07) is 0.525. The topological polar surface area (TPSA) is 82.8 Å². The van der Waals surface area contributed by atoms with Crippen molar-refractivity contribution in [1.82, 2.24) is 15.0 Å². The van der Waals surface area contributed by atoms with Gasteiger partial charge < -0.3 is 19.2 Å². The number of anilines is 2. The molecule has 154 valence electrons. The van der Waals surface area contributed by atoms with E-state index in [2.05, 4.69) is 15.0 Å². The van der Waals surface area contributed by atoms with Crippen LogP contribution in [0.4, 0.5) is 11.0 Å². The summed E-state index contributed by atoms with van der Waals surface area (Å²) in [5.74, 6) is 1.44. The molecule has 0 atom stereocenters. The molecule has 5 rings (SSSR count). The van der Waals surface area contributed by atoms with Crippen molar-refractivity contribution in [2.45, 2.75) is 45.6 Å². The zero-order valence-corrected chi connectivity index (χ0v) is 17.8. The van der Waals surface area contributed by atoms with Gasteiger partial charge in [-0.05, 0) is 30.7 Å². The second kappa shape index (κ2) is 6.83. The van der Waals surface area contributed by atoms with Gasteiger partial charge in [0, 0.05) is 30.9 Å². The number of thiophene rings is 1. The molecule has 1 aliphatic carbocycles. The number of rotatable bonds is 4. The molecular formula is C20H25N5O3S. The summed E-state index contributed by atoms with van der Waals surface area (Å²) in [6.45, 7) is 6.27. The van der Waals surface area contributed by atoms with Crippen LogP contribution in [0.1, 0.15) is 59.2 Å². The molecular weight excluding hydrogens is 390 g/mol. The third-order valence-corrected chi connectivity index (χ3v) is 7.11. The minimum atomic E-state index is -0.0440. The molecule has 2 aromatic heterocycles. The summed E-state index contributed by atoms with van der Waals surface area (Å²) in [7, 11) is 1.72. The second-order valence-corrected chi connectivity index (χ2v) is 9.64. The van der Waals surface area contributed by atoms with Crippen LogP contribution in [0.25, 0.3) is 0 Å². The number of amides is 2. The van der Waals surface area contributed by atoms with E-state index in [1.54, 1.807) is 23.3 Å². The molecule has 9 heteroatoms. The van der Waals surface area contributed by atoms with Gasteiger partial charge in [0.1, 0.15) is 11.5 Å². The van der Waals surface area contributed by atoms with Gasteiger partial charge in [0.05, 0.1) is 12.1 Å². The highest BCUT2D eigenvalue weighted by molar-refractivity contribution is 7.17. The van der Waals surface area contributed by atoms with Gasteiger partial charge in [0.2, 0.25) is 5.91 Å². The standard InChI is InChI=1S/C20H25N5O3S/c1-11(2)17-21-20(28-22-17)24-7-6-13-14(9-24)29-19-16(13)18(27)23(3)10-15(26)25(19)8-12-4-5-12/h11-12H,4-10H2,1-3H3. The summed E-state index contributed by atoms with van der Waals surface area (Å²) < 4.78 is 5.47. The maximum absolute atomic E-state index is 13.1. The monoisotopic (exact) mass is 415 g/mol. The summed E-state index contributed by atoms with van der Waals surface area (Å²) in [4.78, 5) is 37.1. The molecule has 1 saturated carbocycles. The van der Waals surface area contributed by atoms with E-state index in [9.17, 15) is 9.59 Å². The number of likely N-dealkylation sites (N-methyl/N-ethyl adjacent to an activating group) is 1. The van der Waals surface area contributed by atoms with Crippen molar-refractivity contribution < 1.29 is 14.1 Å². The van der Waals surface area contributed by atoms with Gasteiger partial charge >= 0.3 is 6.01 Å². The lowest BCUT2D eigenvalue weighted by Crippen LogP contribution is -2.38. The van der Waals surface area contributed by atoms with E-state index in [0.29, 0.717) is 30.8 Å². The van der Waals surface area contributed by atoms with E-state index < -0.39 is 0 Å². The van der Waals surface area contributed by atoms with E-state index in [4.69, 9.17) is 4.52 Å². The van der Waals surface area contributed by atoms with Gasteiger partial charge in [0.15, 0.2) is 5.82 Å². The van der Waals surface area contributed by atoms with Gasteiger partial charge in [-0.1, -0.05) is 19.0 Å². The first-order valence-electron chi connectivity index (χ1n) is 10.2. The van der Waals surface area contributed by atoms with Crippen LogP contribution in [0.3, 0.4) is 0 Å². The quantitative estimate of drug-likeness (QED) is 0.763. The Bertz CT molecular complexity index is 977. The Hall–Kier alpha value is -2.42. The number of fused-ring (bicyclic) bond motifs is 3. The third-order valence-electron chi connectivity index (χ3n) is 5.87. The molecule has 0 aromatic carbocycles. The Morgan fingerprint density at radius 2 is 2.03 bits per heavy atom. The minimum absolute atomic E-state index is 0.0143. The van der Waals surface area contributed by atoms with E-state index >= 15 is 0 Å². The van der Waals surface area contributed by atoms with Crippen molar-refractivity contribution in [2.24, 2.45) is 5.92 Å². The van der Waals surface area contributed by atoms with E-state index in [1.165, 1.54) is 0 Å². The fraction of sp³-hybridized carbons (Fsp3) is 0.600. The van der Waals surface area contributed by atoms with Crippen LogP contribution in [0, 0.1) is 5.92 Å². The van der Waals surface area contributed by atoms with Gasteiger partial charge in [-0.2, -0.15) is 4.98 Å². The summed E-state index contributed by atoms with van der Waals surface area (Å²) in [5.41, 5.74) is 1.81. The average Bonchev–Trinajstić information content (AvgIpc) is 3.25. The first-order chi connectivity index (χ1) is 13.9. The van der Waals surface area contributed by atoms with Crippen molar-refractivity contribution in [3.05, 3.63) is 21.8 Å². The summed E-state index contributed by atoms with van der Waals surface area (Å²) in [6.07, 6.45) is 3.06. The maximum Gasteiger partial charge on any atom is 0.324 e. The molecule has 0 saturated heterocycles. The van der Waals surface area contributed by atoms with Crippen LogP contribution in [0.2, 0.25) is 0 Å². The van der Waals surface area contributed by atoms with Crippen LogP contribution in [-0.2, 0) is 17.8 Å². The molecule has 4 heterocycles. The third kappa shape index (κ3) is 3.21. The minimum Gasteiger partial charge on any atom is -0.332 e. The van der Waals surface area contributed by atoms with Crippen molar-refractivity contribution in [3.63, 3.8) is 0 Å². The number of hydrogen-bond acceptors (Lipinski definition) is 7. The largest absolute Gasteiger partial charge is 0.332 e. The van der Waals surface area contributed by atoms with Gasteiger partial charge in [0.25, 0.3) is 5.91 Å². The number of carbonyl (C=O) groups excluding carboxylic acids is 2. The lowest BCUT2D eigenvalue weighted by Gasteiger charge is -2.25. The Balaban J connectivity index is 1.50. The molecule has 0 radical (unpaired) electrons. The number of aromatic nitrogens is 2. The first kappa shape index (κ1) is 18.6. The van der Waals surface area contributed by atoms with Gasteiger partial charge in [-0.25, -0.2) is 0 Å². The predicted octanol–water partition coefficient (Wildman–Crippen LogP) is 2.65. The van der Waals surface area contributed by atoms with E-state index in [-0.39, 0.29) is 24.3 Å². The zero-order chi connectivity index (χ0) is 20.3. The Morgan fingerprint density at radius 1 is 1.24 bits per heavy atom. The van der Waals surface area contributed by atoms with Crippen LogP contribution < -0.4 is 9.80 Å². The smallest absolute Gasteiger partial charge is 0.324 e. The maximum atomic E-state index is 13.1. The van der Waals surface area contributed by atoms with Crippen LogP contribution in [-0.4, -0.2) is 53.5 Å². The highest BCUT2D eigenvalue weighted by atomic mass is 32.1. The molecule has 0 N–H and O–H groups in total. The second-order valence-electron chi connectivity index (χ2n) is 8.55. The Kier molecular flexibility index (Phi) is 4.38. The molecule has 3 aliphatic rings. The average molecular weight is 416 g/mol. The summed E-state index contributed by atoms with van der Waals surface area (Å²) >= 11 is 1.58. The lowest BCUT2D eigenvalue weighted by molar-refractivity contribution is -0.119. The normalized spacial score (nSPS) is 19.7. The van der Waals surface area contributed by atoms with Gasteiger partial charge in [-0.15, -0.1) is 11.3 Å². The fourth-order valence-electron chi connectivity index (χ4n) is 3.96. The molecule has 0 unspecified atom stereocenters. The molecule has 2 aliphatic heterocycles. The highest BCUT2D eigenvalue weighted by Crippen LogP contribution is 2.43. The SMILES string of the molecule is CC(C)c1noc(N2CCc3c(sc4c3C(=O)N(C)CC(=O)N4CC3CC3)C2)n1. The Morgan fingerprint density at radius 3 is 2.72 bits per heavy atom. The van der Waals surface area contributed by atoms with Crippen molar-refractivity contribution >= 4 is 34.2 Å². The van der Waals surface area contributed by atoms with Crippen LogP contribution in [0.15, 0.2) is 4.52 Å². The molecule has 0 spiro atoms. The Labute approximate surface area is 173 Å². The molecule has 2 aromatic rings. The fourth-order valence-corrected chi connectivity index (χ4v) is 5.34. The van der Waals surface area contributed by atoms with E-state index in [1.807, 2.05) is 18.7 Å². The molecule has 0 bridgehead atoms. The number of carbonyl (C=O) groups is 2. The predicted molar refractivity (Wildman–Crippen MR) is 109 cm³/mol. The molecule has 8 nitrogen and oxygen atoms in total. The van der Waals surface area contributed by atoms with Crippen molar-refractivity contribution in [1.29, 1.82) is 0 Å². The van der Waals surface area contributed by atoms with Crippen molar-refractivity contribution in [2.75, 3.05) is 36.5 Å².